The Morgan fingerprint density at radius 1 is 1.26 bits per heavy atom. The van der Waals surface area contributed by atoms with E-state index in [1.54, 1.807) is 16.2 Å². The van der Waals surface area contributed by atoms with Gasteiger partial charge in [-0.25, -0.2) is 0 Å². The topological polar surface area (TPSA) is 75.7 Å². The molecule has 2 aromatic rings. The van der Waals surface area contributed by atoms with Crippen LogP contribution in [-0.2, 0) is 19.1 Å². The summed E-state index contributed by atoms with van der Waals surface area (Å²) in [6.45, 7) is 1.79. The summed E-state index contributed by atoms with van der Waals surface area (Å²) in [7, 11) is 0. The molecule has 0 spiro atoms. The molecule has 27 heavy (non-hydrogen) atoms. The van der Waals surface area contributed by atoms with E-state index in [0.717, 1.165) is 15.5 Å². The highest BCUT2D eigenvalue weighted by Crippen LogP contribution is 2.34. The van der Waals surface area contributed by atoms with Gasteiger partial charge in [0.25, 0.3) is 5.91 Å². The molecule has 0 aliphatic carbocycles. The Bertz CT molecular complexity index is 823. The third kappa shape index (κ3) is 5.11. The molecular weight excluding hydrogens is 384 g/mol. The summed E-state index contributed by atoms with van der Waals surface area (Å²) in [5.41, 5.74) is 0.814. The minimum Gasteiger partial charge on any atom is -0.456 e. The van der Waals surface area contributed by atoms with Gasteiger partial charge in [-0.15, -0.1) is 23.1 Å². The number of hydrogen-bond acceptors (Lipinski definition) is 6. The van der Waals surface area contributed by atoms with Gasteiger partial charge >= 0.3 is 5.97 Å². The highest BCUT2D eigenvalue weighted by atomic mass is 32.2. The fraction of sp³-hybridized carbons (Fsp3) is 0.316. The number of benzene rings is 1. The van der Waals surface area contributed by atoms with E-state index in [4.69, 9.17) is 4.74 Å². The van der Waals surface area contributed by atoms with Crippen LogP contribution in [0.4, 0.5) is 5.69 Å². The number of esters is 1. The van der Waals surface area contributed by atoms with Gasteiger partial charge in [-0.05, 0) is 30.5 Å². The molecule has 1 atom stereocenters. The summed E-state index contributed by atoms with van der Waals surface area (Å²) in [4.78, 5) is 39.7. The van der Waals surface area contributed by atoms with Crippen molar-refractivity contribution in [2.24, 2.45) is 0 Å². The third-order valence-corrected chi connectivity index (χ3v) is 6.16. The highest BCUT2D eigenvalue weighted by Gasteiger charge is 2.25. The van der Waals surface area contributed by atoms with Gasteiger partial charge in [-0.1, -0.05) is 18.2 Å². The fourth-order valence-electron chi connectivity index (χ4n) is 2.71. The standard InChI is InChI=1S/C19H20N2O4S2/c1-13(15-7-4-10-26-15)20-17(22)11-25-19(24)8-9-21-14-5-2-3-6-16(14)27-12-18(21)23/h2-7,10,13H,8-9,11-12H2,1H3,(H,20,22)/t13-/m1/s1. The van der Waals surface area contributed by atoms with Crippen molar-refractivity contribution in [2.45, 2.75) is 24.3 Å². The van der Waals surface area contributed by atoms with Crippen molar-refractivity contribution in [3.8, 4) is 0 Å². The van der Waals surface area contributed by atoms with Crippen molar-refractivity contribution in [3.05, 3.63) is 46.7 Å². The molecule has 3 rings (SSSR count). The van der Waals surface area contributed by atoms with Crippen molar-refractivity contribution in [1.29, 1.82) is 0 Å². The molecule has 1 aromatic heterocycles. The molecule has 2 amide bonds. The lowest BCUT2D eigenvalue weighted by Crippen LogP contribution is -2.37. The summed E-state index contributed by atoms with van der Waals surface area (Å²) in [6.07, 6.45) is 0.0402. The number of rotatable bonds is 7. The number of thiophene rings is 1. The number of fused-ring (bicyclic) bond motifs is 1. The number of carbonyl (C=O) groups is 3. The predicted octanol–water partition coefficient (Wildman–Crippen LogP) is 3.00. The Morgan fingerprint density at radius 2 is 2.07 bits per heavy atom. The molecule has 1 aromatic carbocycles. The van der Waals surface area contributed by atoms with E-state index in [9.17, 15) is 14.4 Å². The fourth-order valence-corrected chi connectivity index (χ4v) is 4.38. The maximum absolute atomic E-state index is 12.2. The van der Waals surface area contributed by atoms with Crippen molar-refractivity contribution < 1.29 is 19.1 Å². The second-order valence-corrected chi connectivity index (χ2v) is 8.01. The van der Waals surface area contributed by atoms with Gasteiger partial charge in [0.15, 0.2) is 6.61 Å². The number of thioether (sulfide) groups is 1. The number of para-hydroxylation sites is 1. The number of anilines is 1. The normalized spacial score (nSPS) is 14.4. The monoisotopic (exact) mass is 404 g/mol. The molecule has 0 bridgehead atoms. The molecule has 0 radical (unpaired) electrons. The average molecular weight is 405 g/mol. The maximum Gasteiger partial charge on any atom is 0.308 e. The molecule has 0 fully saturated rings. The summed E-state index contributed by atoms with van der Waals surface area (Å²) >= 11 is 3.05. The zero-order valence-corrected chi connectivity index (χ0v) is 16.5. The molecule has 1 aliphatic heterocycles. The quantitative estimate of drug-likeness (QED) is 0.718. The first-order valence-corrected chi connectivity index (χ1v) is 10.4. The Labute approximate surface area is 165 Å². The smallest absolute Gasteiger partial charge is 0.308 e. The molecule has 142 valence electrons. The lowest BCUT2D eigenvalue weighted by molar-refractivity contribution is -0.148. The van der Waals surface area contributed by atoms with E-state index in [1.807, 2.05) is 48.7 Å². The summed E-state index contributed by atoms with van der Waals surface area (Å²) in [5, 5.41) is 4.73. The van der Waals surface area contributed by atoms with Gasteiger partial charge < -0.3 is 15.0 Å². The van der Waals surface area contributed by atoms with Crippen molar-refractivity contribution >= 4 is 46.6 Å². The van der Waals surface area contributed by atoms with Crippen LogP contribution >= 0.6 is 23.1 Å². The summed E-state index contributed by atoms with van der Waals surface area (Å²) in [5.74, 6) is -0.527. The van der Waals surface area contributed by atoms with Gasteiger partial charge in [0.1, 0.15) is 0 Å². The molecule has 0 unspecified atom stereocenters. The Kier molecular flexibility index (Phi) is 6.52. The van der Waals surface area contributed by atoms with Crippen molar-refractivity contribution in [2.75, 3.05) is 23.8 Å². The van der Waals surface area contributed by atoms with Gasteiger partial charge in [0, 0.05) is 16.3 Å². The zero-order valence-electron chi connectivity index (χ0n) is 14.8. The van der Waals surface area contributed by atoms with E-state index >= 15 is 0 Å². The number of hydrogen-bond donors (Lipinski definition) is 1. The molecule has 6 nitrogen and oxygen atoms in total. The molecule has 1 N–H and O–H groups in total. The average Bonchev–Trinajstić information content (AvgIpc) is 3.20. The van der Waals surface area contributed by atoms with E-state index in [2.05, 4.69) is 5.32 Å². The van der Waals surface area contributed by atoms with E-state index < -0.39 is 5.97 Å². The molecular formula is C19H20N2O4S2. The van der Waals surface area contributed by atoms with Crippen LogP contribution in [0.3, 0.4) is 0 Å². The van der Waals surface area contributed by atoms with Crippen LogP contribution in [0, 0.1) is 0 Å². The van der Waals surface area contributed by atoms with Crippen LogP contribution in [0.1, 0.15) is 24.3 Å². The Hall–Kier alpha value is -2.32. The van der Waals surface area contributed by atoms with Gasteiger partial charge in [0.05, 0.1) is 23.9 Å². The highest BCUT2D eigenvalue weighted by molar-refractivity contribution is 8.00. The van der Waals surface area contributed by atoms with Crippen LogP contribution in [-0.4, -0.2) is 36.7 Å². The molecule has 2 heterocycles. The number of ether oxygens (including phenoxy) is 1. The van der Waals surface area contributed by atoms with Crippen LogP contribution in [0.25, 0.3) is 0 Å². The van der Waals surface area contributed by atoms with E-state index in [-0.39, 0.29) is 37.4 Å². The van der Waals surface area contributed by atoms with E-state index in [1.165, 1.54) is 11.8 Å². The van der Waals surface area contributed by atoms with Crippen molar-refractivity contribution in [3.63, 3.8) is 0 Å². The Balaban J connectivity index is 1.45. The second-order valence-electron chi connectivity index (χ2n) is 6.02. The minimum atomic E-state index is -0.502. The van der Waals surface area contributed by atoms with Crippen LogP contribution in [0.2, 0.25) is 0 Å². The Morgan fingerprint density at radius 3 is 2.85 bits per heavy atom. The molecule has 0 saturated heterocycles. The summed E-state index contributed by atoms with van der Waals surface area (Å²) < 4.78 is 5.05. The predicted molar refractivity (Wildman–Crippen MR) is 106 cm³/mol. The molecule has 0 saturated carbocycles. The number of amides is 2. The first-order valence-electron chi connectivity index (χ1n) is 8.55. The molecule has 1 aliphatic rings. The lowest BCUT2D eigenvalue weighted by atomic mass is 10.2. The number of carbonyl (C=O) groups excluding carboxylic acids is 3. The minimum absolute atomic E-state index is 0.0333. The number of nitrogens with zero attached hydrogens (tertiary/aromatic N) is 1. The van der Waals surface area contributed by atoms with E-state index in [0.29, 0.717) is 5.75 Å². The van der Waals surface area contributed by atoms with Gasteiger partial charge in [-0.2, -0.15) is 0 Å². The molecule has 8 heteroatoms. The second kappa shape index (κ2) is 9.05. The SMILES string of the molecule is C[C@@H](NC(=O)COC(=O)CCN1C(=O)CSc2ccccc21)c1cccs1. The van der Waals surface area contributed by atoms with Crippen LogP contribution < -0.4 is 10.2 Å². The number of nitrogens with one attached hydrogen (secondary N) is 1. The summed E-state index contributed by atoms with van der Waals surface area (Å²) in [6, 6.07) is 11.3. The van der Waals surface area contributed by atoms with Crippen LogP contribution in [0.15, 0.2) is 46.7 Å². The zero-order chi connectivity index (χ0) is 19.2. The van der Waals surface area contributed by atoms with Gasteiger partial charge in [-0.3, -0.25) is 14.4 Å². The largest absolute Gasteiger partial charge is 0.456 e. The first kappa shape index (κ1) is 19.4. The van der Waals surface area contributed by atoms with Gasteiger partial charge in [0.2, 0.25) is 5.91 Å². The first-order chi connectivity index (χ1) is 13.0. The van der Waals surface area contributed by atoms with Crippen LogP contribution in [0.5, 0.6) is 0 Å². The maximum atomic E-state index is 12.2. The lowest BCUT2D eigenvalue weighted by Gasteiger charge is -2.28. The third-order valence-electron chi connectivity index (χ3n) is 4.06. The van der Waals surface area contributed by atoms with Crippen molar-refractivity contribution in [1.82, 2.24) is 5.32 Å².